The van der Waals surface area contributed by atoms with Gasteiger partial charge in [-0.2, -0.15) is 4.98 Å². The van der Waals surface area contributed by atoms with Gasteiger partial charge < -0.3 is 20.2 Å². The summed E-state index contributed by atoms with van der Waals surface area (Å²) in [6, 6.07) is 13.7. The first-order valence-electron chi connectivity index (χ1n) is 6.25. The van der Waals surface area contributed by atoms with E-state index in [4.69, 9.17) is 15.2 Å². The molecule has 0 fully saturated rings. The molecule has 1 aromatic heterocycles. The first kappa shape index (κ1) is 12.3. The highest BCUT2D eigenvalue weighted by atomic mass is 16.5. The van der Waals surface area contributed by atoms with Crippen LogP contribution in [-0.4, -0.2) is 17.1 Å². The van der Waals surface area contributed by atoms with E-state index in [9.17, 15) is 0 Å². The number of hydrogen-bond donors (Lipinski definition) is 2. The molecule has 102 valence electrons. The number of nitrogens with two attached hydrogens (primary N) is 1. The van der Waals surface area contributed by atoms with Crippen LogP contribution in [0.25, 0.3) is 11.0 Å². The molecule has 0 aliphatic heterocycles. The number of fused-ring (bicyclic) bond motifs is 1. The van der Waals surface area contributed by atoms with Crippen LogP contribution in [0, 0.1) is 0 Å². The number of nitrogens with zero attached hydrogens (tertiary/aromatic N) is 1. The van der Waals surface area contributed by atoms with Gasteiger partial charge in [0.05, 0.1) is 18.1 Å². The molecule has 3 aromatic rings. The Balaban J connectivity index is 1.72. The van der Waals surface area contributed by atoms with Crippen molar-refractivity contribution in [1.29, 1.82) is 0 Å². The van der Waals surface area contributed by atoms with E-state index in [1.807, 2.05) is 42.5 Å². The third kappa shape index (κ3) is 2.51. The topological polar surface area (TPSA) is 73.2 Å². The van der Waals surface area contributed by atoms with Gasteiger partial charge in [-0.1, -0.05) is 12.1 Å². The average Bonchev–Trinajstić information content (AvgIpc) is 2.87. The molecule has 0 atom stereocenters. The second-order valence-electron chi connectivity index (χ2n) is 4.46. The number of aromatic nitrogens is 2. The number of imidazole rings is 1. The Morgan fingerprint density at radius 1 is 1.15 bits per heavy atom. The Morgan fingerprint density at radius 3 is 2.70 bits per heavy atom. The van der Waals surface area contributed by atoms with Gasteiger partial charge in [-0.05, 0) is 35.9 Å². The first-order valence-corrected chi connectivity index (χ1v) is 6.25. The third-order valence-corrected chi connectivity index (χ3v) is 3.02. The molecule has 5 heteroatoms. The van der Waals surface area contributed by atoms with E-state index in [1.54, 1.807) is 7.11 Å². The van der Waals surface area contributed by atoms with Crippen molar-refractivity contribution >= 4 is 16.7 Å². The second kappa shape index (κ2) is 5.13. The molecule has 3 N–H and O–H groups in total. The summed E-state index contributed by atoms with van der Waals surface area (Å²) < 4.78 is 10.8. The van der Waals surface area contributed by atoms with Gasteiger partial charge >= 0.3 is 0 Å². The van der Waals surface area contributed by atoms with Crippen molar-refractivity contribution in [2.45, 2.75) is 6.61 Å². The van der Waals surface area contributed by atoms with Gasteiger partial charge in [-0.15, -0.1) is 0 Å². The van der Waals surface area contributed by atoms with Crippen molar-refractivity contribution in [2.24, 2.45) is 0 Å². The first-order chi connectivity index (χ1) is 9.74. The Labute approximate surface area is 116 Å². The Morgan fingerprint density at radius 2 is 1.95 bits per heavy atom. The van der Waals surface area contributed by atoms with Gasteiger partial charge in [-0.3, -0.25) is 0 Å². The number of anilines is 1. The summed E-state index contributed by atoms with van der Waals surface area (Å²) in [5.41, 5.74) is 9.18. The SMILES string of the molecule is COc1ccc(COc2nc3ccc(N)cc3[nH]2)cc1. The zero-order chi connectivity index (χ0) is 13.9. The Kier molecular flexibility index (Phi) is 3.16. The normalized spacial score (nSPS) is 10.7. The molecule has 0 aliphatic carbocycles. The molecule has 5 nitrogen and oxygen atoms in total. The molecule has 0 saturated carbocycles. The minimum atomic E-state index is 0.444. The molecule has 0 bridgehead atoms. The maximum absolute atomic E-state index is 5.73. The fraction of sp³-hybridized carbons (Fsp3) is 0.133. The molecule has 3 rings (SSSR count). The minimum absolute atomic E-state index is 0.444. The van der Waals surface area contributed by atoms with Crippen LogP contribution in [0.2, 0.25) is 0 Å². The van der Waals surface area contributed by atoms with Crippen LogP contribution in [0.4, 0.5) is 5.69 Å². The van der Waals surface area contributed by atoms with Crippen molar-refractivity contribution < 1.29 is 9.47 Å². The van der Waals surface area contributed by atoms with Crippen LogP contribution in [0.15, 0.2) is 42.5 Å². The van der Waals surface area contributed by atoms with Crippen molar-refractivity contribution in [3.8, 4) is 11.8 Å². The molecule has 0 saturated heterocycles. The van der Waals surface area contributed by atoms with Gasteiger partial charge in [0.2, 0.25) is 0 Å². The molecular formula is C15H15N3O2. The summed E-state index contributed by atoms with van der Waals surface area (Å²) in [5, 5.41) is 0. The van der Waals surface area contributed by atoms with E-state index >= 15 is 0 Å². The summed E-state index contributed by atoms with van der Waals surface area (Å²) in [7, 11) is 1.64. The number of hydrogen-bond acceptors (Lipinski definition) is 4. The Hall–Kier alpha value is -2.69. The smallest absolute Gasteiger partial charge is 0.294 e. The highest BCUT2D eigenvalue weighted by molar-refractivity contribution is 5.79. The molecule has 0 unspecified atom stereocenters. The number of aromatic amines is 1. The lowest BCUT2D eigenvalue weighted by molar-refractivity contribution is 0.284. The lowest BCUT2D eigenvalue weighted by Crippen LogP contribution is -1.96. The van der Waals surface area contributed by atoms with Gasteiger partial charge in [0.15, 0.2) is 0 Å². The summed E-state index contributed by atoms with van der Waals surface area (Å²) in [6.07, 6.45) is 0. The summed E-state index contributed by atoms with van der Waals surface area (Å²) in [5.74, 6) is 0.827. The summed E-state index contributed by atoms with van der Waals surface area (Å²) >= 11 is 0. The zero-order valence-corrected chi connectivity index (χ0v) is 11.1. The van der Waals surface area contributed by atoms with Crippen LogP contribution in [-0.2, 0) is 6.61 Å². The fourth-order valence-electron chi connectivity index (χ4n) is 1.95. The van der Waals surface area contributed by atoms with E-state index < -0.39 is 0 Å². The average molecular weight is 269 g/mol. The number of H-pyrrole nitrogens is 1. The molecule has 20 heavy (non-hydrogen) atoms. The van der Waals surface area contributed by atoms with Crippen LogP contribution in [0.5, 0.6) is 11.8 Å². The van der Waals surface area contributed by atoms with Gasteiger partial charge in [0.25, 0.3) is 6.01 Å². The number of nitrogen functional groups attached to an aromatic ring is 1. The van der Waals surface area contributed by atoms with Crippen molar-refractivity contribution in [2.75, 3.05) is 12.8 Å². The van der Waals surface area contributed by atoms with E-state index in [-0.39, 0.29) is 0 Å². The highest BCUT2D eigenvalue weighted by Crippen LogP contribution is 2.19. The van der Waals surface area contributed by atoms with Crippen LogP contribution >= 0.6 is 0 Å². The Bertz CT molecular complexity index is 720. The van der Waals surface area contributed by atoms with E-state index in [1.165, 1.54) is 0 Å². The predicted octanol–water partition coefficient (Wildman–Crippen LogP) is 2.73. The predicted molar refractivity (Wildman–Crippen MR) is 77.8 cm³/mol. The van der Waals surface area contributed by atoms with E-state index in [2.05, 4.69) is 9.97 Å². The van der Waals surface area contributed by atoms with Crippen molar-refractivity contribution in [1.82, 2.24) is 9.97 Å². The van der Waals surface area contributed by atoms with Crippen molar-refractivity contribution in [3.05, 3.63) is 48.0 Å². The van der Waals surface area contributed by atoms with Crippen molar-refractivity contribution in [3.63, 3.8) is 0 Å². The molecule has 1 heterocycles. The third-order valence-electron chi connectivity index (χ3n) is 3.02. The molecule has 0 spiro atoms. The second-order valence-corrected chi connectivity index (χ2v) is 4.46. The quantitative estimate of drug-likeness (QED) is 0.714. The van der Waals surface area contributed by atoms with Gasteiger partial charge in [0, 0.05) is 5.69 Å². The zero-order valence-electron chi connectivity index (χ0n) is 11.1. The maximum Gasteiger partial charge on any atom is 0.294 e. The largest absolute Gasteiger partial charge is 0.497 e. The molecule has 0 radical (unpaired) electrons. The van der Waals surface area contributed by atoms with Crippen LogP contribution < -0.4 is 15.2 Å². The number of rotatable bonds is 4. The number of methoxy groups -OCH3 is 1. The van der Waals surface area contributed by atoms with E-state index in [0.29, 0.717) is 18.3 Å². The molecular weight excluding hydrogens is 254 g/mol. The van der Waals surface area contributed by atoms with Crippen LogP contribution in [0.3, 0.4) is 0 Å². The monoisotopic (exact) mass is 269 g/mol. The van der Waals surface area contributed by atoms with E-state index in [0.717, 1.165) is 22.3 Å². The number of nitrogens with one attached hydrogen (secondary N) is 1. The maximum atomic E-state index is 5.73. The lowest BCUT2D eigenvalue weighted by Gasteiger charge is -2.04. The summed E-state index contributed by atoms with van der Waals surface area (Å²) in [6.45, 7) is 0.444. The molecule has 0 aliphatic rings. The standard InChI is InChI=1S/C15H15N3O2/c1-19-12-5-2-10(3-6-12)9-20-15-17-13-7-4-11(16)8-14(13)18-15/h2-8H,9,16H2,1H3,(H,17,18). The van der Waals surface area contributed by atoms with Gasteiger partial charge in [0.1, 0.15) is 12.4 Å². The number of benzene rings is 2. The number of ether oxygens (including phenoxy) is 2. The van der Waals surface area contributed by atoms with Crippen LogP contribution in [0.1, 0.15) is 5.56 Å². The molecule has 2 aromatic carbocycles. The van der Waals surface area contributed by atoms with Gasteiger partial charge in [-0.25, -0.2) is 0 Å². The lowest BCUT2D eigenvalue weighted by atomic mass is 10.2. The fourth-order valence-corrected chi connectivity index (χ4v) is 1.95. The minimum Gasteiger partial charge on any atom is -0.497 e. The highest BCUT2D eigenvalue weighted by Gasteiger charge is 2.04. The molecule has 0 amide bonds. The summed E-state index contributed by atoms with van der Waals surface area (Å²) in [4.78, 5) is 7.44.